The maximum absolute atomic E-state index is 5.64. The number of ether oxygens (including phenoxy) is 2. The van der Waals surface area contributed by atoms with E-state index in [0.29, 0.717) is 13.2 Å². The van der Waals surface area contributed by atoms with Crippen LogP contribution in [0.25, 0.3) is 0 Å². The lowest BCUT2D eigenvalue weighted by molar-refractivity contribution is 0.287. The van der Waals surface area contributed by atoms with Crippen molar-refractivity contribution in [2.45, 2.75) is 40.0 Å². The standard InChI is InChI=1S/C16H27NO2/c1-4-17-12-8-7-9-14-10-11-15(18-5-2)16(13-14)19-6-3/h10-11,13,17H,4-9,12H2,1-3H3. The maximum Gasteiger partial charge on any atom is 0.161 e. The molecule has 0 spiro atoms. The van der Waals surface area contributed by atoms with E-state index < -0.39 is 0 Å². The molecule has 0 aliphatic heterocycles. The minimum atomic E-state index is 0.669. The van der Waals surface area contributed by atoms with Gasteiger partial charge in [0, 0.05) is 0 Å². The number of hydrogen-bond donors (Lipinski definition) is 1. The number of nitrogens with one attached hydrogen (secondary N) is 1. The molecule has 108 valence electrons. The first kappa shape index (κ1) is 15.8. The van der Waals surface area contributed by atoms with Gasteiger partial charge in [0.2, 0.25) is 0 Å². The summed E-state index contributed by atoms with van der Waals surface area (Å²) >= 11 is 0. The molecule has 1 aromatic carbocycles. The molecule has 0 aliphatic carbocycles. The topological polar surface area (TPSA) is 30.5 Å². The highest BCUT2D eigenvalue weighted by Crippen LogP contribution is 2.29. The molecule has 0 atom stereocenters. The van der Waals surface area contributed by atoms with Crippen LogP contribution >= 0.6 is 0 Å². The van der Waals surface area contributed by atoms with Crippen LogP contribution in [0.4, 0.5) is 0 Å². The second-order valence-corrected chi connectivity index (χ2v) is 4.46. The van der Waals surface area contributed by atoms with E-state index in [-0.39, 0.29) is 0 Å². The summed E-state index contributed by atoms with van der Waals surface area (Å²) in [5.41, 5.74) is 1.32. The largest absolute Gasteiger partial charge is 0.490 e. The second kappa shape index (κ2) is 9.68. The first-order chi connectivity index (χ1) is 9.31. The fourth-order valence-corrected chi connectivity index (χ4v) is 2.01. The molecular weight excluding hydrogens is 238 g/mol. The lowest BCUT2D eigenvalue weighted by atomic mass is 10.1. The normalized spacial score (nSPS) is 10.5. The van der Waals surface area contributed by atoms with Gasteiger partial charge in [0.05, 0.1) is 13.2 Å². The van der Waals surface area contributed by atoms with Gasteiger partial charge in [-0.15, -0.1) is 0 Å². The third-order valence-electron chi connectivity index (χ3n) is 2.93. The zero-order valence-corrected chi connectivity index (χ0v) is 12.5. The van der Waals surface area contributed by atoms with E-state index in [9.17, 15) is 0 Å². The predicted molar refractivity (Wildman–Crippen MR) is 80.3 cm³/mol. The van der Waals surface area contributed by atoms with Crippen LogP contribution in [-0.4, -0.2) is 26.3 Å². The van der Waals surface area contributed by atoms with E-state index in [1.165, 1.54) is 18.4 Å². The molecule has 0 amide bonds. The van der Waals surface area contributed by atoms with Gasteiger partial charge in [-0.05, 0) is 63.9 Å². The first-order valence-electron chi connectivity index (χ1n) is 7.41. The number of rotatable bonds is 10. The van der Waals surface area contributed by atoms with Crippen molar-refractivity contribution in [3.05, 3.63) is 23.8 Å². The summed E-state index contributed by atoms with van der Waals surface area (Å²) in [5.74, 6) is 1.72. The Labute approximate surface area is 117 Å². The summed E-state index contributed by atoms with van der Waals surface area (Å²) < 4.78 is 11.2. The van der Waals surface area contributed by atoms with Crippen molar-refractivity contribution in [1.29, 1.82) is 0 Å². The van der Waals surface area contributed by atoms with E-state index in [1.54, 1.807) is 0 Å². The van der Waals surface area contributed by atoms with Crippen LogP contribution in [0.2, 0.25) is 0 Å². The summed E-state index contributed by atoms with van der Waals surface area (Å²) in [4.78, 5) is 0. The van der Waals surface area contributed by atoms with Gasteiger partial charge in [-0.2, -0.15) is 0 Å². The zero-order valence-electron chi connectivity index (χ0n) is 12.5. The molecule has 1 aromatic rings. The van der Waals surface area contributed by atoms with Crippen LogP contribution in [0.5, 0.6) is 11.5 Å². The van der Waals surface area contributed by atoms with Crippen molar-refractivity contribution < 1.29 is 9.47 Å². The number of unbranched alkanes of at least 4 members (excludes halogenated alkanes) is 1. The minimum absolute atomic E-state index is 0.669. The second-order valence-electron chi connectivity index (χ2n) is 4.46. The lowest BCUT2D eigenvalue weighted by Crippen LogP contribution is -2.13. The summed E-state index contributed by atoms with van der Waals surface area (Å²) in [6, 6.07) is 6.27. The molecule has 3 nitrogen and oxygen atoms in total. The average molecular weight is 265 g/mol. The summed E-state index contributed by atoms with van der Waals surface area (Å²) in [6.07, 6.45) is 3.51. The molecule has 3 heteroatoms. The van der Waals surface area contributed by atoms with Crippen LogP contribution < -0.4 is 14.8 Å². The smallest absolute Gasteiger partial charge is 0.161 e. The highest BCUT2D eigenvalue weighted by atomic mass is 16.5. The SMILES string of the molecule is CCNCCCCc1ccc(OCC)c(OCC)c1. The first-order valence-corrected chi connectivity index (χ1v) is 7.41. The molecule has 0 heterocycles. The third-order valence-corrected chi connectivity index (χ3v) is 2.93. The average Bonchev–Trinajstić information content (AvgIpc) is 2.42. The van der Waals surface area contributed by atoms with Gasteiger partial charge >= 0.3 is 0 Å². The molecule has 1 N–H and O–H groups in total. The van der Waals surface area contributed by atoms with E-state index in [4.69, 9.17) is 9.47 Å². The van der Waals surface area contributed by atoms with Crippen molar-refractivity contribution in [1.82, 2.24) is 5.32 Å². The molecular formula is C16H27NO2. The van der Waals surface area contributed by atoms with Crippen molar-refractivity contribution in [3.8, 4) is 11.5 Å². The predicted octanol–water partition coefficient (Wildman–Crippen LogP) is 3.42. The Morgan fingerprint density at radius 2 is 1.68 bits per heavy atom. The third kappa shape index (κ3) is 5.97. The summed E-state index contributed by atoms with van der Waals surface area (Å²) in [7, 11) is 0. The Hall–Kier alpha value is -1.22. The molecule has 0 unspecified atom stereocenters. The maximum atomic E-state index is 5.64. The monoisotopic (exact) mass is 265 g/mol. The highest BCUT2D eigenvalue weighted by molar-refractivity contribution is 5.43. The van der Waals surface area contributed by atoms with Crippen molar-refractivity contribution in [2.75, 3.05) is 26.3 Å². The van der Waals surface area contributed by atoms with Gasteiger partial charge in [-0.25, -0.2) is 0 Å². The molecule has 1 rings (SSSR count). The summed E-state index contributed by atoms with van der Waals surface area (Å²) in [6.45, 7) is 9.62. The van der Waals surface area contributed by atoms with Gasteiger partial charge in [-0.1, -0.05) is 13.0 Å². The van der Waals surface area contributed by atoms with Crippen LogP contribution in [0, 0.1) is 0 Å². The molecule has 0 radical (unpaired) electrons. The van der Waals surface area contributed by atoms with E-state index in [1.807, 2.05) is 19.9 Å². The van der Waals surface area contributed by atoms with Gasteiger partial charge < -0.3 is 14.8 Å². The Kier molecular flexibility index (Phi) is 8.07. The Bertz CT molecular complexity index is 353. The highest BCUT2D eigenvalue weighted by Gasteiger charge is 2.05. The Balaban J connectivity index is 2.51. The zero-order chi connectivity index (χ0) is 13.9. The van der Waals surface area contributed by atoms with Gasteiger partial charge in [0.1, 0.15) is 0 Å². The van der Waals surface area contributed by atoms with Crippen molar-refractivity contribution >= 4 is 0 Å². The lowest BCUT2D eigenvalue weighted by Gasteiger charge is -2.12. The fraction of sp³-hybridized carbons (Fsp3) is 0.625. The van der Waals surface area contributed by atoms with Gasteiger partial charge in [0.15, 0.2) is 11.5 Å². The van der Waals surface area contributed by atoms with Crippen LogP contribution in [0.1, 0.15) is 39.2 Å². The summed E-state index contributed by atoms with van der Waals surface area (Å²) in [5, 5.41) is 3.35. The number of hydrogen-bond acceptors (Lipinski definition) is 3. The number of benzene rings is 1. The molecule has 0 fully saturated rings. The van der Waals surface area contributed by atoms with E-state index in [0.717, 1.165) is 31.0 Å². The van der Waals surface area contributed by atoms with Crippen LogP contribution in [0.15, 0.2) is 18.2 Å². The van der Waals surface area contributed by atoms with Crippen LogP contribution in [0.3, 0.4) is 0 Å². The molecule has 0 saturated heterocycles. The van der Waals surface area contributed by atoms with Crippen molar-refractivity contribution in [2.24, 2.45) is 0 Å². The number of aryl methyl sites for hydroxylation is 1. The van der Waals surface area contributed by atoms with E-state index >= 15 is 0 Å². The Morgan fingerprint density at radius 3 is 2.37 bits per heavy atom. The quantitative estimate of drug-likeness (QED) is 0.658. The van der Waals surface area contributed by atoms with Crippen molar-refractivity contribution in [3.63, 3.8) is 0 Å². The Morgan fingerprint density at radius 1 is 0.947 bits per heavy atom. The van der Waals surface area contributed by atoms with Crippen LogP contribution in [-0.2, 0) is 6.42 Å². The van der Waals surface area contributed by atoms with Gasteiger partial charge in [-0.3, -0.25) is 0 Å². The van der Waals surface area contributed by atoms with Gasteiger partial charge in [0.25, 0.3) is 0 Å². The molecule has 0 saturated carbocycles. The van der Waals surface area contributed by atoms with E-state index in [2.05, 4.69) is 24.4 Å². The molecule has 0 bridgehead atoms. The molecule has 0 aromatic heterocycles. The minimum Gasteiger partial charge on any atom is -0.490 e. The molecule has 0 aliphatic rings. The molecule has 19 heavy (non-hydrogen) atoms. The fourth-order valence-electron chi connectivity index (χ4n) is 2.01.